The number of aryl methyl sites for hydroxylation is 1. The molecule has 5 nitrogen and oxygen atoms in total. The molecular weight excluding hydrogens is 536 g/mol. The molecule has 5 heteroatoms. The summed E-state index contributed by atoms with van der Waals surface area (Å²) >= 11 is 0. The molecule has 1 atom stereocenters. The SMILES string of the molecule is Cc1ccc(C#Cc2ccc3oc(C(C)(C)CC(=O)OCC4C/C(=C\CC(CC(C)C)CC(C)C)C(=O)O4)cc3c2)cc1. The summed E-state index contributed by atoms with van der Waals surface area (Å²) in [6.45, 7) is 15.0. The molecule has 1 saturated heterocycles. The van der Waals surface area contributed by atoms with Crippen LogP contribution in [0.25, 0.3) is 11.0 Å². The Labute approximate surface area is 257 Å². The van der Waals surface area contributed by atoms with Crippen molar-refractivity contribution in [2.75, 3.05) is 6.61 Å². The maximum atomic E-state index is 12.8. The van der Waals surface area contributed by atoms with Gasteiger partial charge in [-0.2, -0.15) is 0 Å². The fraction of sp³-hybridized carbons (Fsp3) is 0.474. The molecule has 2 aromatic carbocycles. The molecule has 1 aliphatic rings. The predicted octanol–water partition coefficient (Wildman–Crippen LogP) is 8.69. The van der Waals surface area contributed by atoms with E-state index in [0.29, 0.717) is 35.5 Å². The smallest absolute Gasteiger partial charge is 0.334 e. The molecule has 2 heterocycles. The van der Waals surface area contributed by atoms with Gasteiger partial charge in [0.15, 0.2) is 0 Å². The number of cyclic esters (lactones) is 1. The van der Waals surface area contributed by atoms with E-state index >= 15 is 0 Å². The lowest BCUT2D eigenvalue weighted by atomic mass is 9.86. The third kappa shape index (κ3) is 9.35. The third-order valence-electron chi connectivity index (χ3n) is 7.89. The molecule has 1 fully saturated rings. The van der Waals surface area contributed by atoms with Crippen LogP contribution in [0.3, 0.4) is 0 Å². The minimum atomic E-state index is -0.580. The van der Waals surface area contributed by atoms with Crippen molar-refractivity contribution in [3.8, 4) is 11.8 Å². The van der Waals surface area contributed by atoms with Crippen LogP contribution in [0.2, 0.25) is 0 Å². The highest BCUT2D eigenvalue weighted by molar-refractivity contribution is 5.90. The Hall–Kier alpha value is -3.78. The number of benzene rings is 2. The zero-order valence-corrected chi connectivity index (χ0v) is 26.8. The summed E-state index contributed by atoms with van der Waals surface area (Å²) in [5.41, 5.74) is 3.93. The zero-order chi connectivity index (χ0) is 31.1. The number of carbonyl (C=O) groups excluding carboxylic acids is 2. The van der Waals surface area contributed by atoms with Gasteiger partial charge in [0.05, 0.1) is 6.42 Å². The number of furan rings is 1. The van der Waals surface area contributed by atoms with Crippen LogP contribution < -0.4 is 0 Å². The van der Waals surface area contributed by atoms with Gasteiger partial charge in [-0.3, -0.25) is 4.79 Å². The molecule has 0 bridgehead atoms. The van der Waals surface area contributed by atoms with Crippen molar-refractivity contribution in [2.24, 2.45) is 17.8 Å². The second-order valence-corrected chi connectivity index (χ2v) is 13.5. The maximum Gasteiger partial charge on any atom is 0.334 e. The summed E-state index contributed by atoms with van der Waals surface area (Å²) in [7, 11) is 0. The molecule has 228 valence electrons. The Morgan fingerprint density at radius 2 is 1.65 bits per heavy atom. The van der Waals surface area contributed by atoms with E-state index < -0.39 is 11.5 Å². The number of ether oxygens (including phenoxy) is 2. The highest BCUT2D eigenvalue weighted by atomic mass is 16.6. The first-order chi connectivity index (χ1) is 20.4. The van der Waals surface area contributed by atoms with Gasteiger partial charge in [-0.1, -0.05) is 77.2 Å². The summed E-state index contributed by atoms with van der Waals surface area (Å²) < 4.78 is 17.2. The average molecular weight is 583 g/mol. The van der Waals surface area contributed by atoms with E-state index in [4.69, 9.17) is 13.9 Å². The Morgan fingerprint density at radius 1 is 1.00 bits per heavy atom. The molecule has 1 unspecified atom stereocenters. The number of carbonyl (C=O) groups is 2. The van der Waals surface area contributed by atoms with Crippen molar-refractivity contribution < 1.29 is 23.5 Å². The lowest BCUT2D eigenvalue weighted by Crippen LogP contribution is -2.25. The Kier molecular flexibility index (Phi) is 10.6. The van der Waals surface area contributed by atoms with Gasteiger partial charge in [-0.05, 0) is 80.3 Å². The summed E-state index contributed by atoms with van der Waals surface area (Å²) in [5.74, 6) is 8.29. The molecule has 0 saturated carbocycles. The quantitative estimate of drug-likeness (QED) is 0.129. The third-order valence-corrected chi connectivity index (χ3v) is 7.89. The standard InChI is InChI=1S/C38H46O5/c1-25(2)18-30(19-26(3)4)14-16-31-21-33(42-37(31)40)24-41-36(39)23-38(6,7)35-22-32-20-29(15-17-34(32)43-35)13-12-28-10-8-27(5)9-11-28/h8-11,15-17,20,22,25-26,30,33H,14,18-19,21,23-24H2,1-7H3/b31-16+. The van der Waals surface area contributed by atoms with Gasteiger partial charge >= 0.3 is 11.9 Å². The van der Waals surface area contributed by atoms with Crippen molar-refractivity contribution in [3.63, 3.8) is 0 Å². The van der Waals surface area contributed by atoms with Crippen molar-refractivity contribution >= 4 is 22.9 Å². The van der Waals surface area contributed by atoms with Crippen LogP contribution in [-0.2, 0) is 24.5 Å². The molecule has 4 rings (SSSR count). The monoisotopic (exact) mass is 582 g/mol. The second kappa shape index (κ2) is 14.1. The van der Waals surface area contributed by atoms with Crippen LogP contribution in [0.5, 0.6) is 0 Å². The fourth-order valence-electron chi connectivity index (χ4n) is 5.71. The van der Waals surface area contributed by atoms with Gasteiger partial charge in [0, 0.05) is 33.9 Å². The Morgan fingerprint density at radius 3 is 2.33 bits per heavy atom. The van der Waals surface area contributed by atoms with E-state index in [-0.39, 0.29) is 25.0 Å². The van der Waals surface area contributed by atoms with Gasteiger partial charge in [0.2, 0.25) is 0 Å². The number of esters is 2. The first-order valence-electron chi connectivity index (χ1n) is 15.6. The first kappa shape index (κ1) is 32.1. The van der Waals surface area contributed by atoms with E-state index in [1.807, 2.05) is 56.3 Å². The number of fused-ring (bicyclic) bond motifs is 1. The van der Waals surface area contributed by atoms with Crippen molar-refractivity contribution in [3.05, 3.63) is 82.6 Å². The van der Waals surface area contributed by atoms with Crippen molar-refractivity contribution in [1.29, 1.82) is 0 Å². The van der Waals surface area contributed by atoms with Crippen LogP contribution in [0.15, 0.2) is 64.6 Å². The molecule has 0 radical (unpaired) electrons. The van der Waals surface area contributed by atoms with E-state index in [1.54, 1.807) is 0 Å². The van der Waals surface area contributed by atoms with Crippen LogP contribution in [-0.4, -0.2) is 24.6 Å². The zero-order valence-electron chi connectivity index (χ0n) is 26.8. The van der Waals surface area contributed by atoms with Crippen molar-refractivity contribution in [1.82, 2.24) is 0 Å². The van der Waals surface area contributed by atoms with E-state index in [2.05, 4.69) is 58.6 Å². The summed E-state index contributed by atoms with van der Waals surface area (Å²) in [5, 5.41) is 0.938. The maximum absolute atomic E-state index is 12.8. The molecule has 0 amide bonds. The molecule has 43 heavy (non-hydrogen) atoms. The Balaban J connectivity index is 1.31. The number of hydrogen-bond acceptors (Lipinski definition) is 5. The highest BCUT2D eigenvalue weighted by Crippen LogP contribution is 2.33. The number of allylic oxidation sites excluding steroid dienone is 1. The van der Waals surface area contributed by atoms with Gasteiger partial charge < -0.3 is 13.9 Å². The molecule has 1 aromatic heterocycles. The highest BCUT2D eigenvalue weighted by Gasteiger charge is 2.32. The molecule has 0 aliphatic carbocycles. The van der Waals surface area contributed by atoms with Gasteiger partial charge in [-0.15, -0.1) is 0 Å². The second-order valence-electron chi connectivity index (χ2n) is 13.5. The van der Waals surface area contributed by atoms with E-state index in [0.717, 1.165) is 41.4 Å². The van der Waals surface area contributed by atoms with Gasteiger partial charge in [0.1, 0.15) is 24.1 Å². The fourth-order valence-corrected chi connectivity index (χ4v) is 5.71. The molecule has 0 N–H and O–H groups in total. The summed E-state index contributed by atoms with van der Waals surface area (Å²) in [6.07, 6.45) is 5.38. The molecule has 0 spiro atoms. The van der Waals surface area contributed by atoms with Gasteiger partial charge in [0.25, 0.3) is 0 Å². The van der Waals surface area contributed by atoms with Crippen LogP contribution >= 0.6 is 0 Å². The molecule has 3 aromatic rings. The van der Waals surface area contributed by atoms with Crippen LogP contribution in [0.4, 0.5) is 0 Å². The number of rotatable bonds is 11. The predicted molar refractivity (Wildman–Crippen MR) is 172 cm³/mol. The summed E-state index contributed by atoms with van der Waals surface area (Å²) in [6, 6.07) is 16.0. The number of hydrogen-bond donors (Lipinski definition) is 0. The Bertz CT molecular complexity index is 1500. The van der Waals surface area contributed by atoms with Crippen LogP contribution in [0, 0.1) is 36.5 Å². The van der Waals surface area contributed by atoms with Crippen LogP contribution in [0.1, 0.15) is 96.1 Å². The minimum absolute atomic E-state index is 0.0581. The average Bonchev–Trinajstić information content (AvgIpc) is 3.52. The normalized spacial score (nSPS) is 16.3. The lowest BCUT2D eigenvalue weighted by Gasteiger charge is -2.21. The molecule has 1 aliphatic heterocycles. The van der Waals surface area contributed by atoms with Crippen molar-refractivity contribution in [2.45, 2.75) is 92.1 Å². The first-order valence-corrected chi connectivity index (χ1v) is 15.6. The lowest BCUT2D eigenvalue weighted by molar-refractivity contribution is -0.153. The largest absolute Gasteiger partial charge is 0.462 e. The molecular formula is C38H46O5. The minimum Gasteiger partial charge on any atom is -0.462 e. The van der Waals surface area contributed by atoms with E-state index in [9.17, 15) is 9.59 Å². The van der Waals surface area contributed by atoms with E-state index in [1.165, 1.54) is 5.56 Å². The van der Waals surface area contributed by atoms with Gasteiger partial charge in [-0.25, -0.2) is 4.79 Å². The summed E-state index contributed by atoms with van der Waals surface area (Å²) in [4.78, 5) is 25.3. The topological polar surface area (TPSA) is 65.7 Å².